The van der Waals surface area contributed by atoms with Gasteiger partial charge >= 0.3 is 37.9 Å². The van der Waals surface area contributed by atoms with Crippen LogP contribution in [0.1, 0.15) is 16.7 Å². The normalized spacial score (nSPS) is 7.74. The van der Waals surface area contributed by atoms with Crippen molar-refractivity contribution >= 4 is 26.5 Å². The number of halogens is 2. The van der Waals surface area contributed by atoms with E-state index in [1.807, 2.05) is 30.3 Å². The fraction of sp³-hybridized carbons (Fsp3) is 0.333. The Labute approximate surface area is 139 Å². The monoisotopic (exact) mass is 391 g/mol. The van der Waals surface area contributed by atoms with Gasteiger partial charge in [0.2, 0.25) is 0 Å². The second kappa shape index (κ2) is 16.4. The average Bonchev–Trinajstić information content (AvgIpc) is 2.96. The molecule has 0 aliphatic heterocycles. The molecule has 19 heavy (non-hydrogen) atoms. The standard InChI is InChI=1S/C8H11.C5H5.C2H7Si.2ClH.Zr/c1-6-4-7(2)8(3)5-6;1-2-4-5-3-1;1-3-2;;;/h4-5H,1-3H3;1-5H;3H,1-2H3;2*1H;/q2*-1;;;;+4/p-2. The van der Waals surface area contributed by atoms with Crippen LogP contribution < -0.4 is 0 Å². The average molecular weight is 394 g/mol. The van der Waals surface area contributed by atoms with E-state index in [-0.39, 0.29) is 0 Å². The smallest absolute Gasteiger partial charge is 0.172 e. The van der Waals surface area contributed by atoms with E-state index in [9.17, 15) is 0 Å². The van der Waals surface area contributed by atoms with Gasteiger partial charge in [-0.3, -0.25) is 0 Å². The van der Waals surface area contributed by atoms with Gasteiger partial charge in [0.15, 0.2) is 0 Å². The van der Waals surface area contributed by atoms with E-state index in [0.717, 1.165) is 9.52 Å². The molecule has 0 aromatic heterocycles. The van der Waals surface area contributed by atoms with E-state index < -0.39 is 20.8 Å². The molecule has 0 aliphatic rings. The Hall–Kier alpha value is 0.380. The Balaban J connectivity index is 0. The largest absolute Gasteiger partial charge is 0.214 e. The molecule has 0 saturated carbocycles. The summed E-state index contributed by atoms with van der Waals surface area (Å²) in [4.78, 5) is 0. The summed E-state index contributed by atoms with van der Waals surface area (Å²) in [6.07, 6.45) is 0. The second-order valence-corrected chi connectivity index (χ2v) is 8.90. The van der Waals surface area contributed by atoms with Crippen molar-refractivity contribution in [1.29, 1.82) is 0 Å². The first-order valence-electron chi connectivity index (χ1n) is 6.10. The number of hydrogen-bond acceptors (Lipinski definition) is 0. The minimum Gasteiger partial charge on any atom is -0.214 e. The van der Waals surface area contributed by atoms with Gasteiger partial charge in [0, 0.05) is 9.52 Å². The van der Waals surface area contributed by atoms with Crippen molar-refractivity contribution in [2.45, 2.75) is 33.9 Å². The van der Waals surface area contributed by atoms with Crippen LogP contribution in [0.5, 0.6) is 0 Å². The first-order chi connectivity index (χ1) is 9.03. The third kappa shape index (κ3) is 16.3. The minimum absolute atomic E-state index is 0.750. The maximum atomic E-state index is 4.93. The van der Waals surface area contributed by atoms with Crippen LogP contribution in [-0.2, 0) is 20.8 Å². The molecule has 105 valence electrons. The molecule has 0 bridgehead atoms. The molecular weight excluding hydrogens is 370 g/mol. The van der Waals surface area contributed by atoms with Crippen LogP contribution in [0.25, 0.3) is 0 Å². The summed E-state index contributed by atoms with van der Waals surface area (Å²) in [6, 6.07) is 14.4. The third-order valence-corrected chi connectivity index (χ3v) is 2.07. The summed E-state index contributed by atoms with van der Waals surface area (Å²) < 4.78 is 0. The molecule has 0 nitrogen and oxygen atoms in total. The van der Waals surface area contributed by atoms with Crippen molar-refractivity contribution in [2.75, 3.05) is 0 Å². The van der Waals surface area contributed by atoms with Crippen molar-refractivity contribution in [3.8, 4) is 0 Å². The molecule has 2 aromatic carbocycles. The van der Waals surface area contributed by atoms with E-state index in [2.05, 4.69) is 46.0 Å². The van der Waals surface area contributed by atoms with Gasteiger partial charge in [-0.2, -0.15) is 41.0 Å². The Morgan fingerprint density at radius 1 is 1.05 bits per heavy atom. The van der Waals surface area contributed by atoms with Crippen molar-refractivity contribution in [1.82, 2.24) is 0 Å². The fourth-order valence-corrected chi connectivity index (χ4v) is 1.27. The topological polar surface area (TPSA) is 0 Å². The molecule has 0 spiro atoms. The Morgan fingerprint density at radius 3 is 1.58 bits per heavy atom. The van der Waals surface area contributed by atoms with Crippen molar-refractivity contribution in [2.24, 2.45) is 0 Å². The van der Waals surface area contributed by atoms with Crippen LogP contribution in [-0.4, -0.2) is 9.52 Å². The van der Waals surface area contributed by atoms with Gasteiger partial charge in [0.05, 0.1) is 0 Å². The molecule has 0 amide bonds. The molecule has 0 N–H and O–H groups in total. The molecule has 0 aliphatic carbocycles. The molecule has 2 rings (SSSR count). The van der Waals surface area contributed by atoms with E-state index in [0.29, 0.717) is 0 Å². The van der Waals surface area contributed by atoms with Crippen LogP contribution in [0.2, 0.25) is 13.1 Å². The van der Waals surface area contributed by atoms with E-state index in [1.165, 1.54) is 16.7 Å². The van der Waals surface area contributed by atoms with Crippen molar-refractivity contribution in [3.05, 3.63) is 59.2 Å². The van der Waals surface area contributed by atoms with Crippen LogP contribution in [0, 0.1) is 20.8 Å². The van der Waals surface area contributed by atoms with Crippen LogP contribution in [0.3, 0.4) is 0 Å². The molecule has 0 saturated heterocycles. The van der Waals surface area contributed by atoms with E-state index >= 15 is 0 Å². The summed E-state index contributed by atoms with van der Waals surface area (Å²) in [7, 11) is 10.6. The fourth-order valence-electron chi connectivity index (χ4n) is 1.27. The molecule has 2 aromatic rings. The molecule has 1 radical (unpaired) electrons. The van der Waals surface area contributed by atoms with Gasteiger partial charge in [-0.05, 0) is 0 Å². The van der Waals surface area contributed by atoms with Gasteiger partial charge in [-0.25, -0.2) is 18.2 Å². The van der Waals surface area contributed by atoms with Gasteiger partial charge in [-0.1, -0.05) is 33.9 Å². The zero-order valence-electron chi connectivity index (χ0n) is 12.4. The molecule has 0 fully saturated rings. The van der Waals surface area contributed by atoms with Gasteiger partial charge in [-0.15, -0.1) is 0 Å². The summed E-state index contributed by atoms with van der Waals surface area (Å²) in [5.74, 6) is 0. The number of aryl methyl sites for hydroxylation is 3. The van der Waals surface area contributed by atoms with Crippen molar-refractivity contribution < 1.29 is 20.8 Å². The van der Waals surface area contributed by atoms with Gasteiger partial charge in [0.1, 0.15) is 0 Å². The summed E-state index contributed by atoms with van der Waals surface area (Å²) in [5, 5.41) is 0. The van der Waals surface area contributed by atoms with Gasteiger partial charge in [0.25, 0.3) is 0 Å². The molecule has 0 heterocycles. The van der Waals surface area contributed by atoms with Crippen molar-refractivity contribution in [3.63, 3.8) is 0 Å². The first-order valence-corrected chi connectivity index (χ1v) is 14.7. The quantitative estimate of drug-likeness (QED) is 0.402. The third-order valence-electron chi connectivity index (χ3n) is 2.07. The van der Waals surface area contributed by atoms with Gasteiger partial charge < -0.3 is 0 Å². The summed E-state index contributed by atoms with van der Waals surface area (Å²) in [5.41, 5.74) is 4.19. The number of rotatable bonds is 0. The minimum atomic E-state index is -0.826. The molecule has 0 atom stereocenters. The van der Waals surface area contributed by atoms with Crippen LogP contribution >= 0.6 is 17.0 Å². The maximum absolute atomic E-state index is 4.93. The van der Waals surface area contributed by atoms with E-state index in [1.54, 1.807) is 0 Å². The molecule has 0 unspecified atom stereocenters. The first kappa shape index (κ1) is 21.7. The summed E-state index contributed by atoms with van der Waals surface area (Å²) in [6.45, 7) is 10.8. The number of hydrogen-bond donors (Lipinski definition) is 0. The Morgan fingerprint density at radius 2 is 1.47 bits per heavy atom. The van der Waals surface area contributed by atoms with E-state index in [4.69, 9.17) is 17.0 Å². The zero-order valence-corrected chi connectivity index (χ0v) is 17.5. The zero-order chi connectivity index (χ0) is 15.1. The maximum Gasteiger partial charge on any atom is -0.172 e. The Kier molecular flexibility index (Phi) is 18.7. The predicted molar refractivity (Wildman–Crippen MR) is 88.9 cm³/mol. The SMILES string of the molecule is C[SiH]C.Cc1cc(C)c(C)[cH-]1.[Cl][Zr+2][Cl].c1cc[cH-]c1. The Bertz CT molecular complexity index is 331. The predicted octanol–water partition coefficient (Wildman–Crippen LogP) is 5.63. The summed E-state index contributed by atoms with van der Waals surface area (Å²) >= 11 is -0.826. The van der Waals surface area contributed by atoms with Crippen LogP contribution in [0.15, 0.2) is 42.5 Å². The molecule has 4 heteroatoms. The second-order valence-electron chi connectivity index (χ2n) is 4.01. The molecular formula is C15H23Cl2SiZr. The van der Waals surface area contributed by atoms with Crippen LogP contribution in [0.4, 0.5) is 0 Å².